The SMILES string of the molecule is CC(NC(=O)OC(C)(C)C)C(C)C(=O)Nc1ccc(Br)cc1. The predicted molar refractivity (Wildman–Crippen MR) is 90.8 cm³/mol. The molecule has 2 unspecified atom stereocenters. The Labute approximate surface area is 139 Å². The Kier molecular flexibility index (Phi) is 6.41. The van der Waals surface area contributed by atoms with Gasteiger partial charge in [-0.1, -0.05) is 22.9 Å². The van der Waals surface area contributed by atoms with Crippen LogP contribution in [0.4, 0.5) is 10.5 Å². The van der Waals surface area contributed by atoms with Crippen molar-refractivity contribution in [3.8, 4) is 0 Å². The Bertz CT molecular complexity index is 523. The van der Waals surface area contributed by atoms with E-state index in [9.17, 15) is 9.59 Å². The number of halogens is 1. The van der Waals surface area contributed by atoms with Gasteiger partial charge in [0.25, 0.3) is 0 Å². The molecule has 22 heavy (non-hydrogen) atoms. The first kappa shape index (κ1) is 18.5. The number of carbonyl (C=O) groups excluding carboxylic acids is 2. The molecule has 0 spiro atoms. The van der Waals surface area contributed by atoms with Gasteiger partial charge in [0.1, 0.15) is 5.60 Å². The molecule has 2 atom stereocenters. The largest absolute Gasteiger partial charge is 0.444 e. The Morgan fingerprint density at radius 2 is 1.68 bits per heavy atom. The van der Waals surface area contributed by atoms with Gasteiger partial charge >= 0.3 is 6.09 Å². The average Bonchev–Trinajstić information content (AvgIpc) is 2.38. The first-order chi connectivity index (χ1) is 10.1. The summed E-state index contributed by atoms with van der Waals surface area (Å²) in [6.45, 7) is 8.91. The van der Waals surface area contributed by atoms with Crippen LogP contribution < -0.4 is 10.6 Å². The third kappa shape index (κ3) is 6.47. The van der Waals surface area contributed by atoms with E-state index in [0.29, 0.717) is 5.69 Å². The molecule has 5 nitrogen and oxygen atoms in total. The van der Waals surface area contributed by atoms with E-state index in [1.54, 1.807) is 46.8 Å². The van der Waals surface area contributed by atoms with Gasteiger partial charge in [-0.05, 0) is 52.0 Å². The molecule has 0 bridgehead atoms. The number of anilines is 1. The van der Waals surface area contributed by atoms with Gasteiger partial charge in [0.2, 0.25) is 5.91 Å². The number of amides is 2. The number of alkyl carbamates (subject to hydrolysis) is 1. The van der Waals surface area contributed by atoms with Crippen LogP contribution in [0.2, 0.25) is 0 Å². The van der Waals surface area contributed by atoms with Crippen LogP contribution in [-0.2, 0) is 9.53 Å². The molecular formula is C16H23BrN2O3. The van der Waals surface area contributed by atoms with Crippen molar-refractivity contribution < 1.29 is 14.3 Å². The molecule has 0 saturated carbocycles. The fourth-order valence-corrected chi connectivity index (χ4v) is 1.90. The van der Waals surface area contributed by atoms with E-state index in [-0.39, 0.29) is 11.9 Å². The molecule has 2 amide bonds. The Hall–Kier alpha value is -1.56. The van der Waals surface area contributed by atoms with Gasteiger partial charge in [-0.15, -0.1) is 0 Å². The lowest BCUT2D eigenvalue weighted by molar-refractivity contribution is -0.120. The van der Waals surface area contributed by atoms with Gasteiger partial charge in [0.15, 0.2) is 0 Å². The number of benzene rings is 1. The van der Waals surface area contributed by atoms with E-state index < -0.39 is 17.6 Å². The van der Waals surface area contributed by atoms with Crippen LogP contribution in [0.1, 0.15) is 34.6 Å². The van der Waals surface area contributed by atoms with Crippen LogP contribution in [0.25, 0.3) is 0 Å². The zero-order chi connectivity index (χ0) is 16.9. The van der Waals surface area contributed by atoms with Crippen LogP contribution in [0.3, 0.4) is 0 Å². The van der Waals surface area contributed by atoms with Crippen LogP contribution in [0, 0.1) is 5.92 Å². The Balaban J connectivity index is 2.54. The second-order valence-electron chi connectivity index (χ2n) is 6.22. The lowest BCUT2D eigenvalue weighted by Crippen LogP contribution is -2.44. The van der Waals surface area contributed by atoms with Crippen LogP contribution in [0.15, 0.2) is 28.7 Å². The third-order valence-corrected chi connectivity index (χ3v) is 3.55. The van der Waals surface area contributed by atoms with E-state index in [0.717, 1.165) is 4.47 Å². The molecule has 0 aliphatic carbocycles. The van der Waals surface area contributed by atoms with Gasteiger partial charge in [-0.25, -0.2) is 4.79 Å². The molecule has 0 radical (unpaired) electrons. The molecular weight excluding hydrogens is 348 g/mol. The summed E-state index contributed by atoms with van der Waals surface area (Å²) < 4.78 is 6.13. The lowest BCUT2D eigenvalue weighted by Gasteiger charge is -2.24. The Morgan fingerprint density at radius 3 is 2.18 bits per heavy atom. The summed E-state index contributed by atoms with van der Waals surface area (Å²) in [4.78, 5) is 23.9. The van der Waals surface area contributed by atoms with Crippen molar-refractivity contribution in [2.75, 3.05) is 5.32 Å². The van der Waals surface area contributed by atoms with E-state index >= 15 is 0 Å². The topological polar surface area (TPSA) is 67.4 Å². The van der Waals surface area contributed by atoms with E-state index in [2.05, 4.69) is 26.6 Å². The van der Waals surface area contributed by atoms with Crippen LogP contribution in [-0.4, -0.2) is 23.6 Å². The maximum Gasteiger partial charge on any atom is 0.407 e. The summed E-state index contributed by atoms with van der Waals surface area (Å²) in [7, 11) is 0. The molecule has 1 aromatic rings. The maximum absolute atomic E-state index is 12.2. The zero-order valence-corrected chi connectivity index (χ0v) is 15.2. The highest BCUT2D eigenvalue weighted by Crippen LogP contribution is 2.16. The maximum atomic E-state index is 12.2. The number of nitrogens with one attached hydrogen (secondary N) is 2. The van der Waals surface area contributed by atoms with Gasteiger partial charge in [-0.3, -0.25) is 4.79 Å². The molecule has 0 fully saturated rings. The highest BCUT2D eigenvalue weighted by Gasteiger charge is 2.24. The third-order valence-electron chi connectivity index (χ3n) is 3.02. The van der Waals surface area contributed by atoms with Crippen LogP contribution in [0.5, 0.6) is 0 Å². The summed E-state index contributed by atoms with van der Waals surface area (Å²) in [5.74, 6) is -0.554. The lowest BCUT2D eigenvalue weighted by atomic mass is 10.0. The second kappa shape index (κ2) is 7.63. The molecule has 122 valence electrons. The minimum Gasteiger partial charge on any atom is -0.444 e. The normalized spacial score (nSPS) is 13.9. The summed E-state index contributed by atoms with van der Waals surface area (Å²) in [6.07, 6.45) is -0.525. The second-order valence-corrected chi connectivity index (χ2v) is 7.14. The van der Waals surface area contributed by atoms with Crippen molar-refractivity contribution in [2.45, 2.75) is 46.3 Å². The number of carbonyl (C=O) groups is 2. The molecule has 0 heterocycles. The molecule has 0 aliphatic rings. The molecule has 0 aliphatic heterocycles. The van der Waals surface area contributed by atoms with E-state index in [1.165, 1.54) is 0 Å². The highest BCUT2D eigenvalue weighted by molar-refractivity contribution is 9.10. The monoisotopic (exact) mass is 370 g/mol. The minimum absolute atomic E-state index is 0.161. The Morgan fingerprint density at radius 1 is 1.14 bits per heavy atom. The van der Waals surface area contributed by atoms with Crippen molar-refractivity contribution in [1.29, 1.82) is 0 Å². The molecule has 6 heteroatoms. The standard InChI is InChI=1S/C16H23BrN2O3/c1-10(11(2)18-15(21)22-16(3,4)5)14(20)19-13-8-6-12(17)7-9-13/h6-11H,1-5H3,(H,18,21)(H,19,20). The van der Waals surface area contributed by atoms with Crippen molar-refractivity contribution >= 4 is 33.6 Å². The highest BCUT2D eigenvalue weighted by atomic mass is 79.9. The van der Waals surface area contributed by atoms with E-state index in [1.807, 2.05) is 12.1 Å². The summed E-state index contributed by atoms with van der Waals surface area (Å²) in [5.41, 5.74) is 0.150. The first-order valence-corrected chi connectivity index (χ1v) is 7.94. The molecule has 2 N–H and O–H groups in total. The van der Waals surface area contributed by atoms with Crippen molar-refractivity contribution in [2.24, 2.45) is 5.92 Å². The number of ether oxygens (including phenoxy) is 1. The minimum atomic E-state index is -0.563. The summed E-state index contributed by atoms with van der Waals surface area (Å²) in [6, 6.07) is 6.97. The molecule has 0 saturated heterocycles. The van der Waals surface area contributed by atoms with E-state index in [4.69, 9.17) is 4.74 Å². The summed E-state index contributed by atoms with van der Waals surface area (Å²) in [5, 5.41) is 5.50. The van der Waals surface area contributed by atoms with Gasteiger partial charge in [0, 0.05) is 16.2 Å². The quantitative estimate of drug-likeness (QED) is 0.843. The fraction of sp³-hybridized carbons (Fsp3) is 0.500. The predicted octanol–water partition coefficient (Wildman–Crippen LogP) is 3.94. The first-order valence-electron chi connectivity index (χ1n) is 7.14. The molecule has 0 aromatic heterocycles. The number of hydrogen-bond acceptors (Lipinski definition) is 3. The number of hydrogen-bond donors (Lipinski definition) is 2. The fourth-order valence-electron chi connectivity index (χ4n) is 1.63. The van der Waals surface area contributed by atoms with Crippen molar-refractivity contribution in [1.82, 2.24) is 5.32 Å². The smallest absolute Gasteiger partial charge is 0.407 e. The van der Waals surface area contributed by atoms with Crippen molar-refractivity contribution in [3.63, 3.8) is 0 Å². The summed E-state index contributed by atoms with van der Waals surface area (Å²) >= 11 is 3.34. The van der Waals surface area contributed by atoms with Gasteiger partial charge < -0.3 is 15.4 Å². The van der Waals surface area contributed by atoms with Gasteiger partial charge in [-0.2, -0.15) is 0 Å². The van der Waals surface area contributed by atoms with Gasteiger partial charge in [0.05, 0.1) is 5.92 Å². The molecule has 1 rings (SSSR count). The van der Waals surface area contributed by atoms with Crippen molar-refractivity contribution in [3.05, 3.63) is 28.7 Å². The number of rotatable bonds is 4. The molecule has 1 aromatic carbocycles. The average molecular weight is 371 g/mol. The van der Waals surface area contributed by atoms with Crippen LogP contribution >= 0.6 is 15.9 Å². The zero-order valence-electron chi connectivity index (χ0n) is 13.6.